The molecule has 17 heavy (non-hydrogen) atoms. The molecule has 0 bridgehead atoms. The average molecular weight is 246 g/mol. The first kappa shape index (κ1) is 13.6. The summed E-state index contributed by atoms with van der Waals surface area (Å²) in [5.74, 6) is -1.58. The van der Waals surface area contributed by atoms with Gasteiger partial charge in [0, 0.05) is 6.92 Å². The summed E-state index contributed by atoms with van der Waals surface area (Å²) in [6.07, 6.45) is -4.90. The van der Waals surface area contributed by atoms with Gasteiger partial charge < -0.3 is 24.8 Å². The fourth-order valence-corrected chi connectivity index (χ4v) is 1.56. The molecule has 0 amide bonds. The van der Waals surface area contributed by atoms with Gasteiger partial charge in [-0.1, -0.05) is 0 Å². The molecule has 1 rings (SSSR count). The molecule has 0 unspecified atom stereocenters. The molecule has 1 aliphatic carbocycles. The number of carbonyl (C=O) groups is 2. The number of methoxy groups -OCH3 is 1. The van der Waals surface area contributed by atoms with E-state index in [1.165, 1.54) is 0 Å². The van der Waals surface area contributed by atoms with Crippen LogP contribution < -0.4 is 0 Å². The van der Waals surface area contributed by atoms with E-state index in [0.29, 0.717) is 0 Å². The molecule has 0 aliphatic heterocycles. The Hall–Kier alpha value is -1.44. The van der Waals surface area contributed by atoms with Crippen LogP contribution in [0.15, 0.2) is 11.6 Å². The van der Waals surface area contributed by atoms with Gasteiger partial charge in [-0.15, -0.1) is 0 Å². The second kappa shape index (κ2) is 5.26. The molecule has 7 heteroatoms. The van der Waals surface area contributed by atoms with E-state index >= 15 is 0 Å². The fraction of sp³-hybridized carbons (Fsp3) is 0.600. The first-order valence-corrected chi connectivity index (χ1v) is 4.90. The van der Waals surface area contributed by atoms with Crippen LogP contribution in [0.5, 0.6) is 0 Å². The lowest BCUT2D eigenvalue weighted by Gasteiger charge is -2.33. The highest BCUT2D eigenvalue weighted by molar-refractivity contribution is 5.90. The van der Waals surface area contributed by atoms with E-state index in [4.69, 9.17) is 4.74 Å². The number of rotatable bonds is 2. The minimum atomic E-state index is -1.59. The average Bonchev–Trinajstić information content (AvgIpc) is 2.28. The molecule has 0 aromatic carbocycles. The lowest BCUT2D eigenvalue weighted by molar-refractivity contribution is -0.162. The Morgan fingerprint density at radius 2 is 1.82 bits per heavy atom. The molecule has 4 atom stereocenters. The molecule has 1 aliphatic rings. The maximum atomic E-state index is 11.4. The number of carbonyl (C=O) groups excluding carboxylic acids is 2. The Morgan fingerprint density at radius 1 is 1.24 bits per heavy atom. The van der Waals surface area contributed by atoms with Crippen molar-refractivity contribution in [1.29, 1.82) is 0 Å². The zero-order valence-electron chi connectivity index (χ0n) is 9.36. The van der Waals surface area contributed by atoms with Gasteiger partial charge in [0.15, 0.2) is 6.10 Å². The molecule has 96 valence electrons. The number of aliphatic hydroxyl groups excluding tert-OH is 3. The molecule has 0 saturated heterocycles. The van der Waals surface area contributed by atoms with Gasteiger partial charge >= 0.3 is 11.9 Å². The minimum Gasteiger partial charge on any atom is -0.466 e. The summed E-state index contributed by atoms with van der Waals surface area (Å²) in [5.41, 5.74) is -0.201. The Labute approximate surface area is 97.3 Å². The minimum absolute atomic E-state index is 0.201. The van der Waals surface area contributed by atoms with Crippen LogP contribution >= 0.6 is 0 Å². The van der Waals surface area contributed by atoms with Gasteiger partial charge in [0.25, 0.3) is 0 Å². The zero-order valence-corrected chi connectivity index (χ0v) is 9.36. The fourth-order valence-electron chi connectivity index (χ4n) is 1.56. The molecular formula is C10H14O7. The molecule has 3 N–H and O–H groups in total. The maximum absolute atomic E-state index is 11.4. The van der Waals surface area contributed by atoms with Gasteiger partial charge in [-0.3, -0.25) is 4.79 Å². The number of ether oxygens (including phenoxy) is 2. The highest BCUT2D eigenvalue weighted by Gasteiger charge is 2.42. The van der Waals surface area contributed by atoms with Crippen molar-refractivity contribution in [2.75, 3.05) is 7.11 Å². The van der Waals surface area contributed by atoms with Crippen molar-refractivity contribution in [3.63, 3.8) is 0 Å². The van der Waals surface area contributed by atoms with Crippen LogP contribution in [0.1, 0.15) is 6.92 Å². The van der Waals surface area contributed by atoms with Crippen molar-refractivity contribution < 1.29 is 34.4 Å². The molecule has 0 aromatic heterocycles. The summed E-state index contributed by atoms with van der Waals surface area (Å²) in [6, 6.07) is 0. The Bertz CT molecular complexity index is 349. The molecule has 7 nitrogen and oxygen atoms in total. The van der Waals surface area contributed by atoms with Gasteiger partial charge in [-0.05, 0) is 6.08 Å². The lowest BCUT2D eigenvalue weighted by atomic mass is 9.89. The molecule has 0 heterocycles. The molecule has 0 fully saturated rings. The van der Waals surface area contributed by atoms with E-state index in [-0.39, 0.29) is 5.57 Å². The number of aliphatic hydroxyl groups is 3. The van der Waals surface area contributed by atoms with Crippen molar-refractivity contribution in [2.24, 2.45) is 0 Å². The molecule has 0 aromatic rings. The van der Waals surface area contributed by atoms with Crippen LogP contribution in [0.3, 0.4) is 0 Å². The summed E-state index contributed by atoms with van der Waals surface area (Å²) in [7, 11) is 1.11. The maximum Gasteiger partial charge on any atom is 0.337 e. The van der Waals surface area contributed by atoms with Crippen molar-refractivity contribution in [1.82, 2.24) is 0 Å². The molecule has 0 radical (unpaired) electrons. The third-order valence-corrected chi connectivity index (χ3v) is 2.38. The van der Waals surface area contributed by atoms with Crippen LogP contribution in [0, 0.1) is 0 Å². The van der Waals surface area contributed by atoms with E-state index < -0.39 is 36.4 Å². The van der Waals surface area contributed by atoms with E-state index in [9.17, 15) is 24.9 Å². The lowest BCUT2D eigenvalue weighted by Crippen LogP contribution is -2.51. The predicted molar refractivity (Wildman–Crippen MR) is 53.7 cm³/mol. The second-order valence-corrected chi connectivity index (χ2v) is 3.62. The first-order chi connectivity index (χ1) is 7.88. The van der Waals surface area contributed by atoms with Crippen molar-refractivity contribution in [3.05, 3.63) is 11.6 Å². The van der Waals surface area contributed by atoms with E-state index in [1.54, 1.807) is 0 Å². The van der Waals surface area contributed by atoms with Crippen LogP contribution in [0.25, 0.3) is 0 Å². The summed E-state index contributed by atoms with van der Waals surface area (Å²) < 4.78 is 9.16. The Balaban J connectivity index is 3.06. The van der Waals surface area contributed by atoms with Crippen molar-refractivity contribution in [3.8, 4) is 0 Å². The summed E-state index contributed by atoms with van der Waals surface area (Å²) in [4.78, 5) is 22.2. The normalized spacial score (nSPS) is 32.6. The molecule has 0 spiro atoms. The Morgan fingerprint density at radius 3 is 2.29 bits per heavy atom. The highest BCUT2D eigenvalue weighted by Crippen LogP contribution is 2.24. The zero-order chi connectivity index (χ0) is 13.2. The Kier molecular flexibility index (Phi) is 4.22. The van der Waals surface area contributed by atoms with E-state index in [0.717, 1.165) is 20.1 Å². The van der Waals surface area contributed by atoms with Crippen molar-refractivity contribution in [2.45, 2.75) is 31.3 Å². The SMILES string of the molecule is COC(=O)C1=C[C@H](O)[C@H](O)[C@H](O)[C@H]1OC(C)=O. The summed E-state index contributed by atoms with van der Waals surface area (Å²) in [6.45, 7) is 1.10. The van der Waals surface area contributed by atoms with Gasteiger partial charge in [0.05, 0.1) is 12.7 Å². The first-order valence-electron chi connectivity index (χ1n) is 4.90. The standard InChI is InChI=1S/C10H14O7/c1-4(11)17-9-5(10(15)16-2)3-6(12)7(13)8(9)14/h3,6-9,12-14H,1-2H3/t6-,7-,8-,9-/m0/s1. The number of esters is 2. The third-order valence-electron chi connectivity index (χ3n) is 2.38. The predicted octanol–water partition coefficient (Wildman–Crippen LogP) is -1.89. The van der Waals surface area contributed by atoms with Crippen molar-refractivity contribution >= 4 is 11.9 Å². The molecule has 0 saturated carbocycles. The highest BCUT2D eigenvalue weighted by atomic mass is 16.6. The van der Waals surface area contributed by atoms with E-state index in [2.05, 4.69) is 4.74 Å². The topological polar surface area (TPSA) is 113 Å². The van der Waals surface area contributed by atoms with E-state index in [1.807, 2.05) is 0 Å². The summed E-state index contributed by atoms with van der Waals surface area (Å²) >= 11 is 0. The van der Waals surface area contributed by atoms with Gasteiger partial charge in [0.2, 0.25) is 0 Å². The van der Waals surface area contributed by atoms with Crippen LogP contribution in [0.2, 0.25) is 0 Å². The van der Waals surface area contributed by atoms with Gasteiger partial charge in [0.1, 0.15) is 18.3 Å². The quantitative estimate of drug-likeness (QED) is 0.488. The third kappa shape index (κ3) is 2.82. The molecular weight excluding hydrogens is 232 g/mol. The van der Waals surface area contributed by atoms with Gasteiger partial charge in [-0.25, -0.2) is 4.79 Å². The van der Waals surface area contributed by atoms with Crippen LogP contribution in [-0.4, -0.2) is 58.8 Å². The largest absolute Gasteiger partial charge is 0.466 e. The van der Waals surface area contributed by atoms with Crippen LogP contribution in [-0.2, 0) is 19.1 Å². The smallest absolute Gasteiger partial charge is 0.337 e. The number of hydrogen-bond acceptors (Lipinski definition) is 7. The van der Waals surface area contributed by atoms with Crippen LogP contribution in [0.4, 0.5) is 0 Å². The second-order valence-electron chi connectivity index (χ2n) is 3.62. The summed E-state index contributed by atoms with van der Waals surface area (Å²) in [5, 5.41) is 28.4. The van der Waals surface area contributed by atoms with Gasteiger partial charge in [-0.2, -0.15) is 0 Å². The number of hydrogen-bond donors (Lipinski definition) is 3. The monoisotopic (exact) mass is 246 g/mol.